The fourth-order valence-corrected chi connectivity index (χ4v) is 2.29. The van der Waals surface area contributed by atoms with Crippen LogP contribution >= 0.6 is 0 Å². The van der Waals surface area contributed by atoms with Gasteiger partial charge in [0.1, 0.15) is 0 Å². The van der Waals surface area contributed by atoms with Crippen LogP contribution in [0.15, 0.2) is 30.4 Å². The summed E-state index contributed by atoms with van der Waals surface area (Å²) in [5.74, 6) is 1.85. The third kappa shape index (κ3) is 2.32. The van der Waals surface area contributed by atoms with Gasteiger partial charge in [-0.25, -0.2) is 0 Å². The number of carbonyl (C=O) groups is 1. The summed E-state index contributed by atoms with van der Waals surface area (Å²) in [5, 5.41) is 2.89. The summed E-state index contributed by atoms with van der Waals surface area (Å²) in [7, 11) is 0. The Morgan fingerprint density at radius 2 is 2.22 bits per heavy atom. The Labute approximate surface area is 106 Å². The summed E-state index contributed by atoms with van der Waals surface area (Å²) in [6, 6.07) is 5.44. The van der Waals surface area contributed by atoms with Crippen LogP contribution in [0.2, 0.25) is 0 Å². The molecule has 94 valence electrons. The molecule has 1 atom stereocenters. The van der Waals surface area contributed by atoms with Gasteiger partial charge in [0.25, 0.3) is 0 Å². The number of amides is 1. The van der Waals surface area contributed by atoms with Crippen molar-refractivity contribution in [3.05, 3.63) is 30.4 Å². The van der Waals surface area contributed by atoms with E-state index >= 15 is 0 Å². The normalized spacial score (nSPS) is 20.1. The van der Waals surface area contributed by atoms with Crippen LogP contribution in [-0.4, -0.2) is 12.7 Å². The smallest absolute Gasteiger partial charge is 0.231 e. The van der Waals surface area contributed by atoms with Crippen molar-refractivity contribution in [3.8, 4) is 11.5 Å². The van der Waals surface area contributed by atoms with Crippen LogP contribution < -0.4 is 14.8 Å². The van der Waals surface area contributed by atoms with Gasteiger partial charge in [0.15, 0.2) is 11.5 Å². The maximum absolute atomic E-state index is 11.9. The van der Waals surface area contributed by atoms with E-state index in [1.807, 2.05) is 12.1 Å². The number of benzene rings is 1. The van der Waals surface area contributed by atoms with E-state index in [1.165, 1.54) is 0 Å². The Morgan fingerprint density at radius 3 is 3.06 bits per heavy atom. The molecule has 18 heavy (non-hydrogen) atoms. The molecule has 4 heteroatoms. The van der Waals surface area contributed by atoms with Crippen LogP contribution in [0, 0.1) is 5.92 Å². The first-order valence-electron chi connectivity index (χ1n) is 6.17. The van der Waals surface area contributed by atoms with Crippen LogP contribution in [0.5, 0.6) is 11.5 Å². The number of anilines is 1. The average Bonchev–Trinajstić information content (AvgIpc) is 2.98. The molecule has 0 aromatic heterocycles. The third-order valence-electron chi connectivity index (χ3n) is 3.22. The maximum atomic E-state index is 11.9. The second kappa shape index (κ2) is 4.72. The van der Waals surface area contributed by atoms with E-state index in [-0.39, 0.29) is 12.7 Å². The maximum Gasteiger partial charge on any atom is 0.231 e. The number of ether oxygens (including phenoxy) is 2. The van der Waals surface area contributed by atoms with Crippen molar-refractivity contribution in [1.29, 1.82) is 0 Å². The van der Waals surface area contributed by atoms with Crippen LogP contribution in [0.1, 0.15) is 19.3 Å². The molecular formula is C14H15NO3. The first kappa shape index (κ1) is 11.1. The van der Waals surface area contributed by atoms with Crippen molar-refractivity contribution >= 4 is 11.6 Å². The summed E-state index contributed by atoms with van der Waals surface area (Å²) >= 11 is 0. The van der Waals surface area contributed by atoms with E-state index in [9.17, 15) is 4.79 Å². The van der Waals surface area contributed by atoms with Crippen LogP contribution in [-0.2, 0) is 4.79 Å². The van der Waals surface area contributed by atoms with Gasteiger partial charge in [0, 0.05) is 18.2 Å². The molecule has 4 nitrogen and oxygen atoms in total. The number of carbonyl (C=O) groups excluding carboxylic acids is 1. The van der Waals surface area contributed by atoms with Gasteiger partial charge in [-0.1, -0.05) is 12.2 Å². The van der Waals surface area contributed by atoms with E-state index in [2.05, 4.69) is 17.5 Å². The fraction of sp³-hybridized carbons (Fsp3) is 0.357. The molecule has 1 heterocycles. The molecule has 1 amide bonds. The Morgan fingerprint density at radius 1 is 1.33 bits per heavy atom. The lowest BCUT2D eigenvalue weighted by Crippen LogP contribution is -2.14. The standard InChI is InChI=1S/C14H15NO3/c16-14(7-10-3-1-2-4-10)15-11-5-6-12-13(8-11)18-9-17-12/h1,3,5-6,8,10H,2,4,7,9H2,(H,15,16). The highest BCUT2D eigenvalue weighted by Gasteiger charge is 2.16. The van der Waals surface area contributed by atoms with E-state index in [4.69, 9.17) is 9.47 Å². The molecular weight excluding hydrogens is 230 g/mol. The van der Waals surface area contributed by atoms with E-state index < -0.39 is 0 Å². The predicted octanol–water partition coefficient (Wildman–Crippen LogP) is 2.71. The number of allylic oxidation sites excluding steroid dienone is 2. The van der Waals surface area contributed by atoms with Crippen molar-refractivity contribution in [1.82, 2.24) is 0 Å². The van der Waals surface area contributed by atoms with Gasteiger partial charge in [0.2, 0.25) is 12.7 Å². The topological polar surface area (TPSA) is 47.6 Å². The molecule has 0 saturated heterocycles. The van der Waals surface area contributed by atoms with Gasteiger partial charge in [-0.15, -0.1) is 0 Å². The van der Waals surface area contributed by atoms with E-state index in [0.29, 0.717) is 18.1 Å². The molecule has 1 aromatic carbocycles. The van der Waals surface area contributed by atoms with Gasteiger partial charge in [-0.2, -0.15) is 0 Å². The summed E-state index contributed by atoms with van der Waals surface area (Å²) < 4.78 is 10.5. The zero-order chi connectivity index (χ0) is 12.4. The summed E-state index contributed by atoms with van der Waals surface area (Å²) in [6.07, 6.45) is 6.97. The number of fused-ring (bicyclic) bond motifs is 1. The van der Waals surface area contributed by atoms with Gasteiger partial charge < -0.3 is 14.8 Å². The van der Waals surface area contributed by atoms with Crippen molar-refractivity contribution in [2.45, 2.75) is 19.3 Å². The minimum absolute atomic E-state index is 0.0467. The van der Waals surface area contributed by atoms with Gasteiger partial charge in [0.05, 0.1) is 0 Å². The number of rotatable bonds is 3. The lowest BCUT2D eigenvalue weighted by atomic mass is 10.1. The number of nitrogens with one attached hydrogen (secondary N) is 1. The Hall–Kier alpha value is -1.97. The highest BCUT2D eigenvalue weighted by molar-refractivity contribution is 5.91. The first-order chi connectivity index (χ1) is 8.81. The van der Waals surface area contributed by atoms with Crippen molar-refractivity contribution in [3.63, 3.8) is 0 Å². The molecule has 0 radical (unpaired) electrons. The molecule has 0 bridgehead atoms. The van der Waals surface area contributed by atoms with Crippen LogP contribution in [0.25, 0.3) is 0 Å². The summed E-state index contributed by atoms with van der Waals surface area (Å²) in [4.78, 5) is 11.9. The molecule has 1 aromatic rings. The number of hydrogen-bond acceptors (Lipinski definition) is 3. The Bertz CT molecular complexity index is 496. The SMILES string of the molecule is O=C(CC1C=CCC1)Nc1ccc2c(c1)OCO2. The minimum atomic E-state index is 0.0467. The highest BCUT2D eigenvalue weighted by Crippen LogP contribution is 2.34. The predicted molar refractivity (Wildman–Crippen MR) is 67.7 cm³/mol. The average molecular weight is 245 g/mol. The molecule has 0 fully saturated rings. The van der Waals surface area contributed by atoms with Crippen molar-refractivity contribution in [2.24, 2.45) is 5.92 Å². The molecule has 0 saturated carbocycles. The quantitative estimate of drug-likeness (QED) is 0.833. The zero-order valence-corrected chi connectivity index (χ0v) is 10.0. The summed E-state index contributed by atoms with van der Waals surface area (Å²) in [6.45, 7) is 0.250. The monoisotopic (exact) mass is 245 g/mol. The molecule has 1 N–H and O–H groups in total. The molecule has 1 unspecified atom stereocenters. The van der Waals surface area contributed by atoms with Gasteiger partial charge in [-0.05, 0) is 30.9 Å². The second-order valence-electron chi connectivity index (χ2n) is 4.59. The zero-order valence-electron chi connectivity index (χ0n) is 10.0. The minimum Gasteiger partial charge on any atom is -0.454 e. The molecule has 3 rings (SSSR count). The molecule has 0 spiro atoms. The van der Waals surface area contributed by atoms with E-state index in [1.54, 1.807) is 6.07 Å². The van der Waals surface area contributed by atoms with Crippen molar-refractivity contribution < 1.29 is 14.3 Å². The van der Waals surface area contributed by atoms with Gasteiger partial charge in [-0.3, -0.25) is 4.79 Å². The largest absolute Gasteiger partial charge is 0.454 e. The van der Waals surface area contributed by atoms with Crippen LogP contribution in [0.4, 0.5) is 5.69 Å². The Kier molecular flexibility index (Phi) is 2.92. The van der Waals surface area contributed by atoms with Crippen LogP contribution in [0.3, 0.4) is 0 Å². The third-order valence-corrected chi connectivity index (χ3v) is 3.22. The molecule has 1 aliphatic carbocycles. The first-order valence-corrected chi connectivity index (χ1v) is 6.17. The molecule has 2 aliphatic rings. The summed E-state index contributed by atoms with van der Waals surface area (Å²) in [5.41, 5.74) is 0.756. The van der Waals surface area contributed by atoms with Crippen molar-refractivity contribution in [2.75, 3.05) is 12.1 Å². The van der Waals surface area contributed by atoms with E-state index in [0.717, 1.165) is 24.3 Å². The molecule has 1 aliphatic heterocycles. The lowest BCUT2D eigenvalue weighted by Gasteiger charge is -2.09. The fourth-order valence-electron chi connectivity index (χ4n) is 2.29. The Balaban J connectivity index is 1.61. The lowest BCUT2D eigenvalue weighted by molar-refractivity contribution is -0.116. The van der Waals surface area contributed by atoms with Gasteiger partial charge >= 0.3 is 0 Å². The second-order valence-corrected chi connectivity index (χ2v) is 4.59. The highest BCUT2D eigenvalue weighted by atomic mass is 16.7. The number of hydrogen-bond donors (Lipinski definition) is 1.